The maximum atomic E-state index is 13.2. The number of halogens is 4. The summed E-state index contributed by atoms with van der Waals surface area (Å²) in [7, 11) is 0. The molecular weight excluding hydrogens is 476 g/mol. The first-order valence-corrected chi connectivity index (χ1v) is 11.1. The topological polar surface area (TPSA) is 55.3 Å². The van der Waals surface area contributed by atoms with Crippen LogP contribution in [0, 0.1) is 11.9 Å². The molecule has 1 aliphatic rings. The normalized spacial score (nSPS) is 19.1. The zero-order valence-electron chi connectivity index (χ0n) is 17.0. The van der Waals surface area contributed by atoms with Crippen LogP contribution in [0.15, 0.2) is 54.9 Å². The van der Waals surface area contributed by atoms with E-state index in [9.17, 15) is 9.18 Å². The van der Waals surface area contributed by atoms with Crippen molar-refractivity contribution in [3.63, 3.8) is 0 Å². The van der Waals surface area contributed by atoms with Crippen LogP contribution < -0.4 is 4.74 Å². The zero-order chi connectivity index (χ0) is 22.8. The molecule has 166 valence electrons. The third-order valence-corrected chi connectivity index (χ3v) is 6.57. The summed E-state index contributed by atoms with van der Waals surface area (Å²) in [4.78, 5) is 22.6. The lowest BCUT2D eigenvalue weighted by Gasteiger charge is -2.25. The standard InChI is InChI=1S/C23H19Cl3FN3O2/c1-13(32-22-7-4-16(24)10-29-22)17-11-30(23(31)15-3-6-21(27)28-9-15)12-18(17)14-2-5-19(25)20(26)8-14/h2-10,13,17-18H,11-12H2,1H3. The fourth-order valence-corrected chi connectivity index (χ4v) is 4.38. The molecule has 1 aromatic carbocycles. The number of aromatic nitrogens is 2. The summed E-state index contributed by atoms with van der Waals surface area (Å²) < 4.78 is 19.3. The van der Waals surface area contributed by atoms with Crippen LogP contribution in [0.25, 0.3) is 0 Å². The molecule has 5 nitrogen and oxygen atoms in total. The fraction of sp³-hybridized carbons (Fsp3) is 0.261. The van der Waals surface area contributed by atoms with E-state index >= 15 is 0 Å². The Morgan fingerprint density at radius 1 is 1.06 bits per heavy atom. The van der Waals surface area contributed by atoms with Gasteiger partial charge in [0.15, 0.2) is 0 Å². The van der Waals surface area contributed by atoms with Crippen molar-refractivity contribution in [3.8, 4) is 5.88 Å². The number of nitrogens with zero attached hydrogens (tertiary/aromatic N) is 3. The molecule has 3 unspecified atom stereocenters. The van der Waals surface area contributed by atoms with Crippen LogP contribution in [0.2, 0.25) is 15.1 Å². The number of likely N-dealkylation sites (tertiary alicyclic amines) is 1. The average Bonchev–Trinajstić information content (AvgIpc) is 3.23. The van der Waals surface area contributed by atoms with Gasteiger partial charge in [-0.05, 0) is 42.8 Å². The first-order valence-electron chi connectivity index (χ1n) is 9.96. The van der Waals surface area contributed by atoms with Gasteiger partial charge in [-0.15, -0.1) is 0 Å². The number of carbonyl (C=O) groups is 1. The van der Waals surface area contributed by atoms with E-state index in [-0.39, 0.29) is 23.8 Å². The second-order valence-electron chi connectivity index (χ2n) is 7.66. The lowest BCUT2D eigenvalue weighted by Crippen LogP contribution is -2.32. The summed E-state index contributed by atoms with van der Waals surface area (Å²) >= 11 is 18.3. The first kappa shape index (κ1) is 22.8. The highest BCUT2D eigenvalue weighted by molar-refractivity contribution is 6.42. The molecule has 2 aromatic heterocycles. The fourth-order valence-electron chi connectivity index (χ4n) is 3.96. The Morgan fingerprint density at radius 2 is 1.88 bits per heavy atom. The Hall–Kier alpha value is -2.41. The average molecular weight is 495 g/mol. The van der Waals surface area contributed by atoms with Gasteiger partial charge in [0.1, 0.15) is 6.10 Å². The molecule has 3 heterocycles. The van der Waals surface area contributed by atoms with Gasteiger partial charge < -0.3 is 9.64 Å². The molecule has 9 heteroatoms. The Bertz CT molecular complexity index is 1110. The largest absolute Gasteiger partial charge is 0.474 e. The quantitative estimate of drug-likeness (QED) is 0.414. The third kappa shape index (κ3) is 4.98. The van der Waals surface area contributed by atoms with Crippen molar-refractivity contribution < 1.29 is 13.9 Å². The molecule has 1 fully saturated rings. The highest BCUT2D eigenvalue weighted by Crippen LogP contribution is 2.38. The molecule has 1 saturated heterocycles. The van der Waals surface area contributed by atoms with E-state index in [2.05, 4.69) is 9.97 Å². The van der Waals surface area contributed by atoms with Gasteiger partial charge in [0.05, 0.1) is 20.6 Å². The van der Waals surface area contributed by atoms with Gasteiger partial charge in [0.2, 0.25) is 11.8 Å². The number of rotatable bonds is 5. The maximum Gasteiger partial charge on any atom is 0.255 e. The minimum absolute atomic E-state index is 0.0515. The number of hydrogen-bond donors (Lipinski definition) is 0. The highest BCUT2D eigenvalue weighted by atomic mass is 35.5. The molecule has 0 bridgehead atoms. The molecule has 0 N–H and O–H groups in total. The second kappa shape index (κ2) is 9.61. The van der Waals surface area contributed by atoms with Crippen molar-refractivity contribution in [2.24, 2.45) is 5.92 Å². The molecule has 32 heavy (non-hydrogen) atoms. The van der Waals surface area contributed by atoms with Crippen molar-refractivity contribution >= 4 is 40.7 Å². The molecule has 4 rings (SSSR count). The predicted octanol–water partition coefficient (Wildman–Crippen LogP) is 5.90. The van der Waals surface area contributed by atoms with E-state index in [1.54, 1.807) is 23.1 Å². The summed E-state index contributed by atoms with van der Waals surface area (Å²) in [5, 5.41) is 1.43. The van der Waals surface area contributed by atoms with Gasteiger partial charge in [0, 0.05) is 43.4 Å². The van der Waals surface area contributed by atoms with Crippen molar-refractivity contribution in [1.82, 2.24) is 14.9 Å². The highest BCUT2D eigenvalue weighted by Gasteiger charge is 2.40. The maximum absolute atomic E-state index is 13.2. The third-order valence-electron chi connectivity index (χ3n) is 5.61. The molecular formula is C23H19Cl3FN3O2. The van der Waals surface area contributed by atoms with Crippen LogP contribution in [-0.2, 0) is 0 Å². The van der Waals surface area contributed by atoms with E-state index in [1.807, 2.05) is 19.1 Å². The number of pyridine rings is 2. The SMILES string of the molecule is CC(Oc1ccc(Cl)cn1)C1CN(C(=O)c2ccc(F)nc2)CC1c1ccc(Cl)c(Cl)c1. The Morgan fingerprint density at radius 3 is 2.53 bits per heavy atom. The minimum atomic E-state index is -0.632. The lowest BCUT2D eigenvalue weighted by atomic mass is 9.86. The van der Waals surface area contributed by atoms with Crippen LogP contribution in [-0.4, -0.2) is 40.0 Å². The number of amides is 1. The molecule has 0 spiro atoms. The molecule has 3 atom stereocenters. The summed E-state index contributed by atoms with van der Waals surface area (Å²) in [6.45, 7) is 2.83. The van der Waals surface area contributed by atoms with Gasteiger partial charge >= 0.3 is 0 Å². The molecule has 1 aliphatic heterocycles. The van der Waals surface area contributed by atoms with E-state index in [0.717, 1.165) is 5.56 Å². The van der Waals surface area contributed by atoms with Gasteiger partial charge in [-0.2, -0.15) is 4.39 Å². The zero-order valence-corrected chi connectivity index (χ0v) is 19.3. The van der Waals surface area contributed by atoms with E-state index in [1.165, 1.54) is 24.5 Å². The number of hydrogen-bond acceptors (Lipinski definition) is 4. The van der Waals surface area contributed by atoms with Crippen LogP contribution in [0.3, 0.4) is 0 Å². The number of carbonyl (C=O) groups excluding carboxylic acids is 1. The first-order chi connectivity index (χ1) is 15.3. The Kier molecular flexibility index (Phi) is 6.84. The molecule has 0 radical (unpaired) electrons. The summed E-state index contributed by atoms with van der Waals surface area (Å²) in [5.74, 6) is -0.511. The lowest BCUT2D eigenvalue weighted by molar-refractivity contribution is 0.0769. The number of benzene rings is 1. The molecule has 0 aliphatic carbocycles. The van der Waals surface area contributed by atoms with Gasteiger partial charge in [0.25, 0.3) is 5.91 Å². The Balaban J connectivity index is 1.61. The van der Waals surface area contributed by atoms with Crippen molar-refractivity contribution in [2.75, 3.05) is 13.1 Å². The van der Waals surface area contributed by atoms with Crippen LogP contribution >= 0.6 is 34.8 Å². The minimum Gasteiger partial charge on any atom is -0.474 e. The van der Waals surface area contributed by atoms with Crippen LogP contribution in [0.5, 0.6) is 5.88 Å². The molecule has 0 saturated carbocycles. The van der Waals surface area contributed by atoms with Crippen LogP contribution in [0.1, 0.15) is 28.8 Å². The van der Waals surface area contributed by atoms with E-state index < -0.39 is 5.95 Å². The van der Waals surface area contributed by atoms with E-state index in [4.69, 9.17) is 39.5 Å². The van der Waals surface area contributed by atoms with Gasteiger partial charge in [-0.3, -0.25) is 4.79 Å². The van der Waals surface area contributed by atoms with E-state index in [0.29, 0.717) is 39.6 Å². The predicted molar refractivity (Wildman–Crippen MR) is 122 cm³/mol. The van der Waals surface area contributed by atoms with Gasteiger partial charge in [-0.25, -0.2) is 9.97 Å². The van der Waals surface area contributed by atoms with Crippen molar-refractivity contribution in [3.05, 3.63) is 87.0 Å². The Labute approximate surface area is 200 Å². The van der Waals surface area contributed by atoms with Crippen molar-refractivity contribution in [1.29, 1.82) is 0 Å². The monoisotopic (exact) mass is 493 g/mol. The molecule has 3 aromatic rings. The number of ether oxygens (including phenoxy) is 1. The smallest absolute Gasteiger partial charge is 0.255 e. The molecule has 1 amide bonds. The summed E-state index contributed by atoms with van der Waals surface area (Å²) in [6.07, 6.45) is 2.50. The van der Waals surface area contributed by atoms with Crippen LogP contribution in [0.4, 0.5) is 4.39 Å². The van der Waals surface area contributed by atoms with Gasteiger partial charge in [-0.1, -0.05) is 40.9 Å². The second-order valence-corrected chi connectivity index (χ2v) is 8.91. The summed E-state index contributed by atoms with van der Waals surface area (Å²) in [6, 6.07) is 11.5. The van der Waals surface area contributed by atoms with Crippen molar-refractivity contribution in [2.45, 2.75) is 18.9 Å². The summed E-state index contributed by atoms with van der Waals surface area (Å²) in [5.41, 5.74) is 1.28.